The molecule has 0 radical (unpaired) electrons. The second kappa shape index (κ2) is 16.8. The summed E-state index contributed by atoms with van der Waals surface area (Å²) in [7, 11) is 4.49. The SMILES string of the molecule is COc1cc2c(cc1OCCCCCC(=O)N1CCc3c1cc(O)c1ccccc31)N(C(=O)OCC(C)SSc1ccccn1)C(O)[C@@H]1CCCN1C2=O. The number of benzene rings is 3. The Hall–Kier alpha value is -4.66. The van der Waals surface area contributed by atoms with Crippen molar-refractivity contribution in [1.82, 2.24) is 9.88 Å². The molecule has 54 heavy (non-hydrogen) atoms. The smallest absolute Gasteiger partial charge is 0.416 e. The van der Waals surface area contributed by atoms with Crippen LogP contribution < -0.4 is 19.3 Å². The number of carbonyl (C=O) groups is 3. The van der Waals surface area contributed by atoms with Crippen molar-refractivity contribution in [3.63, 3.8) is 0 Å². The number of hydrogen-bond donors (Lipinski definition) is 2. The van der Waals surface area contributed by atoms with Gasteiger partial charge in [0, 0.05) is 48.5 Å². The molecule has 3 atom stereocenters. The molecule has 14 heteroatoms. The van der Waals surface area contributed by atoms with E-state index in [9.17, 15) is 24.6 Å². The molecule has 3 aliphatic rings. The van der Waals surface area contributed by atoms with Gasteiger partial charge >= 0.3 is 6.09 Å². The van der Waals surface area contributed by atoms with E-state index in [1.54, 1.807) is 34.2 Å². The maximum atomic E-state index is 13.8. The minimum atomic E-state index is -1.32. The highest BCUT2D eigenvalue weighted by atomic mass is 33.1. The number of unbranched alkanes of at least 4 members (excludes halogenated alkanes) is 2. The van der Waals surface area contributed by atoms with Gasteiger partial charge in [0.25, 0.3) is 5.91 Å². The Labute approximate surface area is 322 Å². The van der Waals surface area contributed by atoms with E-state index in [2.05, 4.69) is 4.98 Å². The van der Waals surface area contributed by atoms with E-state index < -0.39 is 18.4 Å². The standard InChI is InChI=1S/C40H44N4O8S2/c1-25(53-54-36-14-7-8-17-41-36)24-52-40(49)44-32-23-35(34(50-2)21-29(32)38(47)43-18-10-13-30(43)39(44)48)51-20-9-3-4-15-37(46)42-19-16-27-26-11-5-6-12-28(26)33(45)22-31(27)42/h5-8,11-12,14,17,21-23,25,30,39,45,48H,3-4,9-10,13,15-16,18-20,24H2,1-2H3/t25?,30-,39?/m0/s1. The molecule has 0 spiro atoms. The highest BCUT2D eigenvalue weighted by molar-refractivity contribution is 8.76. The summed E-state index contributed by atoms with van der Waals surface area (Å²) in [6.45, 7) is 3.37. The van der Waals surface area contributed by atoms with Crippen molar-refractivity contribution in [3.8, 4) is 17.2 Å². The van der Waals surface area contributed by atoms with Crippen LogP contribution in [0.5, 0.6) is 17.2 Å². The minimum Gasteiger partial charge on any atom is -0.507 e. The van der Waals surface area contributed by atoms with Crippen molar-refractivity contribution < 1.29 is 38.8 Å². The van der Waals surface area contributed by atoms with Crippen LogP contribution in [-0.2, 0) is 16.0 Å². The molecule has 3 amide bonds. The predicted molar refractivity (Wildman–Crippen MR) is 210 cm³/mol. The molecule has 2 unspecified atom stereocenters. The molecular weight excluding hydrogens is 729 g/mol. The molecule has 1 fully saturated rings. The van der Waals surface area contributed by atoms with Gasteiger partial charge in [0.2, 0.25) is 5.91 Å². The Morgan fingerprint density at radius 2 is 1.81 bits per heavy atom. The van der Waals surface area contributed by atoms with E-state index in [4.69, 9.17) is 14.2 Å². The van der Waals surface area contributed by atoms with E-state index in [1.165, 1.54) is 33.6 Å². The van der Waals surface area contributed by atoms with E-state index in [0.717, 1.165) is 39.9 Å². The van der Waals surface area contributed by atoms with Gasteiger partial charge in [0.15, 0.2) is 17.7 Å². The van der Waals surface area contributed by atoms with Crippen molar-refractivity contribution >= 4 is 61.6 Å². The molecule has 1 saturated heterocycles. The fourth-order valence-electron chi connectivity index (χ4n) is 7.42. The second-order valence-electron chi connectivity index (χ2n) is 13.6. The fourth-order valence-corrected chi connectivity index (χ4v) is 9.29. The maximum absolute atomic E-state index is 13.8. The molecule has 12 nitrogen and oxygen atoms in total. The molecule has 4 aromatic rings. The quantitative estimate of drug-likeness (QED) is 0.105. The van der Waals surface area contributed by atoms with E-state index in [-0.39, 0.29) is 40.7 Å². The van der Waals surface area contributed by atoms with Crippen LogP contribution in [0.25, 0.3) is 10.8 Å². The number of pyridine rings is 1. The van der Waals surface area contributed by atoms with E-state index in [0.29, 0.717) is 63.3 Å². The number of rotatable bonds is 13. The molecule has 7 rings (SSSR count). The van der Waals surface area contributed by atoms with Gasteiger partial charge in [-0.3, -0.25) is 9.59 Å². The van der Waals surface area contributed by atoms with Gasteiger partial charge in [-0.1, -0.05) is 41.1 Å². The molecule has 0 bridgehead atoms. The van der Waals surface area contributed by atoms with E-state index >= 15 is 0 Å². The number of fused-ring (bicyclic) bond motifs is 5. The lowest BCUT2D eigenvalue weighted by Crippen LogP contribution is -2.51. The summed E-state index contributed by atoms with van der Waals surface area (Å²) in [4.78, 5) is 49.7. The number of amides is 3. The number of carbonyl (C=O) groups excluding carboxylic acids is 3. The number of phenolic OH excluding ortho intramolecular Hbond substituents is 1. The van der Waals surface area contributed by atoms with Crippen LogP contribution in [0.3, 0.4) is 0 Å². The van der Waals surface area contributed by atoms with Crippen LogP contribution in [0.4, 0.5) is 16.2 Å². The van der Waals surface area contributed by atoms with Gasteiger partial charge in [-0.15, -0.1) is 0 Å². The van der Waals surface area contributed by atoms with Crippen LogP contribution >= 0.6 is 21.6 Å². The zero-order valence-corrected chi connectivity index (χ0v) is 31.9. The summed E-state index contributed by atoms with van der Waals surface area (Å²) in [5.74, 6) is 0.555. The average Bonchev–Trinajstić information content (AvgIpc) is 3.84. The Bertz CT molecular complexity index is 2020. The summed E-state index contributed by atoms with van der Waals surface area (Å²) in [6, 6.07) is 17.6. The molecule has 284 valence electrons. The molecular formula is C40H44N4O8S2. The van der Waals surface area contributed by atoms with Crippen molar-refractivity contribution in [2.45, 2.75) is 74.4 Å². The van der Waals surface area contributed by atoms with E-state index in [1.807, 2.05) is 49.4 Å². The highest BCUT2D eigenvalue weighted by Crippen LogP contribution is 2.42. The largest absolute Gasteiger partial charge is 0.507 e. The first-order valence-electron chi connectivity index (χ1n) is 18.3. The first-order valence-corrected chi connectivity index (χ1v) is 20.5. The monoisotopic (exact) mass is 772 g/mol. The maximum Gasteiger partial charge on any atom is 0.416 e. The number of phenols is 1. The first kappa shape index (κ1) is 37.6. The van der Waals surface area contributed by atoms with Gasteiger partial charge in [-0.05, 0) is 85.4 Å². The van der Waals surface area contributed by atoms with Crippen molar-refractivity contribution in [2.75, 3.05) is 43.2 Å². The Morgan fingerprint density at radius 1 is 1.00 bits per heavy atom. The van der Waals surface area contributed by atoms with Crippen molar-refractivity contribution in [1.29, 1.82) is 0 Å². The van der Waals surface area contributed by atoms with Gasteiger partial charge in [0.1, 0.15) is 17.4 Å². The number of ether oxygens (including phenoxy) is 3. The number of nitrogens with zero attached hydrogens (tertiary/aromatic N) is 4. The molecule has 0 aliphatic carbocycles. The van der Waals surface area contributed by atoms with Crippen molar-refractivity contribution in [3.05, 3.63) is 78.0 Å². The summed E-state index contributed by atoms with van der Waals surface area (Å²) in [5.41, 5.74) is 2.28. The topological polar surface area (TPSA) is 142 Å². The van der Waals surface area contributed by atoms with Crippen LogP contribution in [0.15, 0.2) is 71.9 Å². The zero-order valence-electron chi connectivity index (χ0n) is 30.3. The number of methoxy groups -OCH3 is 1. The Kier molecular flexibility index (Phi) is 11.7. The molecule has 1 aromatic heterocycles. The van der Waals surface area contributed by atoms with Gasteiger partial charge in [-0.2, -0.15) is 0 Å². The number of aliphatic hydroxyl groups excluding tert-OH is 1. The predicted octanol–water partition coefficient (Wildman–Crippen LogP) is 7.19. The van der Waals surface area contributed by atoms with Crippen LogP contribution in [0.1, 0.15) is 61.4 Å². The fraction of sp³-hybridized carbons (Fsp3) is 0.400. The summed E-state index contributed by atoms with van der Waals surface area (Å²) >= 11 is 0. The third-order valence-electron chi connectivity index (χ3n) is 10.1. The Balaban J connectivity index is 0.983. The molecule has 4 heterocycles. The van der Waals surface area contributed by atoms with Crippen LogP contribution in [0, 0.1) is 0 Å². The first-order chi connectivity index (χ1) is 26.2. The lowest BCUT2D eigenvalue weighted by molar-refractivity contribution is -0.118. The normalized spacial score (nSPS) is 18.2. The average molecular weight is 773 g/mol. The highest BCUT2D eigenvalue weighted by Gasteiger charge is 2.45. The number of aromatic hydroxyl groups is 1. The number of hydrogen-bond acceptors (Lipinski definition) is 11. The molecule has 3 aliphatic heterocycles. The van der Waals surface area contributed by atoms with Crippen LogP contribution in [0.2, 0.25) is 0 Å². The van der Waals surface area contributed by atoms with Crippen LogP contribution in [-0.4, -0.2) is 88.9 Å². The minimum absolute atomic E-state index is 0.0208. The third-order valence-corrected chi connectivity index (χ3v) is 12.9. The Morgan fingerprint density at radius 3 is 2.61 bits per heavy atom. The zero-order chi connectivity index (χ0) is 37.8. The second-order valence-corrected chi connectivity index (χ2v) is 16.3. The number of anilines is 2. The summed E-state index contributed by atoms with van der Waals surface area (Å²) in [5, 5.41) is 24.7. The molecule has 2 N–H and O–H groups in total. The van der Waals surface area contributed by atoms with Gasteiger partial charge < -0.3 is 34.2 Å². The molecule has 0 saturated carbocycles. The van der Waals surface area contributed by atoms with Crippen molar-refractivity contribution in [2.24, 2.45) is 0 Å². The summed E-state index contributed by atoms with van der Waals surface area (Å²) < 4.78 is 17.5. The van der Waals surface area contributed by atoms with Gasteiger partial charge in [-0.25, -0.2) is 14.7 Å². The summed E-state index contributed by atoms with van der Waals surface area (Å²) in [6.07, 6.45) is 4.04. The number of aromatic nitrogens is 1. The third kappa shape index (κ3) is 7.78. The molecule has 3 aromatic carbocycles. The lowest BCUT2D eigenvalue weighted by Gasteiger charge is -2.32. The number of aliphatic hydroxyl groups is 1. The lowest BCUT2D eigenvalue weighted by atomic mass is 10.0. The van der Waals surface area contributed by atoms with Gasteiger partial charge in [0.05, 0.1) is 36.7 Å².